The zero-order chi connectivity index (χ0) is 17.5. The summed E-state index contributed by atoms with van der Waals surface area (Å²) in [5, 5.41) is 7.72. The topological polar surface area (TPSA) is 67.1 Å². The Hall–Kier alpha value is -2.02. The van der Waals surface area contributed by atoms with Crippen LogP contribution in [0.2, 0.25) is 0 Å². The summed E-state index contributed by atoms with van der Waals surface area (Å²) in [6.45, 7) is 3.58. The molecule has 1 aliphatic carbocycles. The molecule has 7 heteroatoms. The molecule has 0 aromatic carbocycles. The molecule has 2 N–H and O–H groups in total. The minimum absolute atomic E-state index is 0.522. The van der Waals surface area contributed by atoms with Crippen molar-refractivity contribution >= 4 is 17.7 Å². The standard InChI is InChI=1S/C18H26N6S/c1-3-20-18(23-15-4-5-16(11-15)25-2)22-12-14-6-7-21-17(10-14)24-9-8-19-13-24/h6-10,13,15-16H,3-5,11-12H2,1-2H3,(H2,20,22,23). The van der Waals surface area contributed by atoms with Crippen molar-refractivity contribution in [1.29, 1.82) is 0 Å². The van der Waals surface area contributed by atoms with E-state index in [1.807, 2.05) is 40.9 Å². The van der Waals surface area contributed by atoms with Crippen LogP contribution in [0.15, 0.2) is 42.0 Å². The summed E-state index contributed by atoms with van der Waals surface area (Å²) in [5.74, 6) is 1.76. The quantitative estimate of drug-likeness (QED) is 0.614. The number of pyridine rings is 1. The second kappa shape index (κ2) is 8.89. The van der Waals surface area contributed by atoms with Crippen LogP contribution < -0.4 is 10.6 Å². The van der Waals surface area contributed by atoms with Crippen LogP contribution >= 0.6 is 11.8 Å². The zero-order valence-electron chi connectivity index (χ0n) is 14.9. The number of nitrogens with one attached hydrogen (secondary N) is 2. The Morgan fingerprint density at radius 1 is 1.40 bits per heavy atom. The molecule has 2 heterocycles. The molecule has 0 aliphatic heterocycles. The van der Waals surface area contributed by atoms with Crippen molar-refractivity contribution in [2.24, 2.45) is 4.99 Å². The number of thioether (sulfide) groups is 1. The van der Waals surface area contributed by atoms with E-state index in [-0.39, 0.29) is 0 Å². The van der Waals surface area contributed by atoms with Crippen LogP contribution in [0.3, 0.4) is 0 Å². The van der Waals surface area contributed by atoms with Crippen molar-refractivity contribution in [1.82, 2.24) is 25.2 Å². The third-order valence-electron chi connectivity index (χ3n) is 4.40. The second-order valence-corrected chi connectivity index (χ2v) is 7.34. The molecule has 1 fully saturated rings. The van der Waals surface area contributed by atoms with Gasteiger partial charge in [-0.3, -0.25) is 4.57 Å². The third kappa shape index (κ3) is 4.98. The first kappa shape index (κ1) is 17.8. The highest BCUT2D eigenvalue weighted by Crippen LogP contribution is 2.28. The maximum absolute atomic E-state index is 4.76. The highest BCUT2D eigenvalue weighted by atomic mass is 32.2. The molecule has 25 heavy (non-hydrogen) atoms. The van der Waals surface area contributed by atoms with Gasteiger partial charge in [-0.2, -0.15) is 11.8 Å². The number of imidazole rings is 1. The predicted molar refractivity (Wildman–Crippen MR) is 104 cm³/mol. The summed E-state index contributed by atoms with van der Waals surface area (Å²) < 4.78 is 1.90. The Balaban J connectivity index is 1.64. The molecule has 0 radical (unpaired) electrons. The molecule has 2 aromatic rings. The van der Waals surface area contributed by atoms with Gasteiger partial charge in [0.15, 0.2) is 5.96 Å². The van der Waals surface area contributed by atoms with Gasteiger partial charge in [0.25, 0.3) is 0 Å². The number of guanidine groups is 1. The largest absolute Gasteiger partial charge is 0.357 e. The van der Waals surface area contributed by atoms with E-state index >= 15 is 0 Å². The lowest BCUT2D eigenvalue weighted by molar-refractivity contribution is 0.615. The number of aromatic nitrogens is 3. The lowest BCUT2D eigenvalue weighted by atomic mass is 10.2. The molecule has 0 spiro atoms. The number of rotatable bonds is 6. The SMILES string of the molecule is CCNC(=NCc1ccnc(-n2ccnc2)c1)NC1CCC(SC)C1. The first-order chi connectivity index (χ1) is 12.3. The number of hydrogen-bond acceptors (Lipinski definition) is 4. The lowest BCUT2D eigenvalue weighted by Crippen LogP contribution is -2.42. The van der Waals surface area contributed by atoms with Gasteiger partial charge in [-0.25, -0.2) is 15.0 Å². The van der Waals surface area contributed by atoms with Crippen LogP contribution in [0.4, 0.5) is 0 Å². The fraction of sp³-hybridized carbons (Fsp3) is 0.500. The Morgan fingerprint density at radius 2 is 2.32 bits per heavy atom. The summed E-state index contributed by atoms with van der Waals surface area (Å²) in [6, 6.07) is 4.58. The first-order valence-corrected chi connectivity index (χ1v) is 10.1. The highest BCUT2D eigenvalue weighted by molar-refractivity contribution is 7.99. The monoisotopic (exact) mass is 358 g/mol. The van der Waals surface area contributed by atoms with Gasteiger partial charge in [-0.15, -0.1) is 0 Å². The van der Waals surface area contributed by atoms with Crippen molar-refractivity contribution in [3.05, 3.63) is 42.6 Å². The fourth-order valence-corrected chi connectivity index (χ4v) is 3.86. The molecule has 3 rings (SSSR count). The minimum Gasteiger partial charge on any atom is -0.357 e. The summed E-state index contributed by atoms with van der Waals surface area (Å²) in [7, 11) is 0. The fourth-order valence-electron chi connectivity index (χ4n) is 3.06. The van der Waals surface area contributed by atoms with E-state index in [1.165, 1.54) is 19.3 Å². The summed E-state index contributed by atoms with van der Waals surface area (Å²) in [6.07, 6.45) is 13.1. The summed E-state index contributed by atoms with van der Waals surface area (Å²) >= 11 is 1.97. The Morgan fingerprint density at radius 3 is 3.04 bits per heavy atom. The van der Waals surface area contributed by atoms with Crippen molar-refractivity contribution in [2.45, 2.75) is 44.0 Å². The average Bonchev–Trinajstić information content (AvgIpc) is 3.32. The minimum atomic E-state index is 0.522. The van der Waals surface area contributed by atoms with Crippen LogP contribution in [0.25, 0.3) is 5.82 Å². The van der Waals surface area contributed by atoms with Crippen molar-refractivity contribution in [3.63, 3.8) is 0 Å². The van der Waals surface area contributed by atoms with Crippen LogP contribution in [-0.2, 0) is 6.54 Å². The molecule has 2 unspecified atom stereocenters. The molecular formula is C18H26N6S. The van der Waals surface area contributed by atoms with E-state index in [4.69, 9.17) is 4.99 Å². The molecule has 134 valence electrons. The Bertz CT molecular complexity index is 685. The maximum Gasteiger partial charge on any atom is 0.191 e. The normalized spacial score (nSPS) is 20.6. The molecule has 6 nitrogen and oxygen atoms in total. The van der Waals surface area contributed by atoms with Gasteiger partial charge in [0, 0.05) is 36.4 Å². The Labute approximate surface area is 153 Å². The lowest BCUT2D eigenvalue weighted by Gasteiger charge is -2.17. The second-order valence-electron chi connectivity index (χ2n) is 6.20. The van der Waals surface area contributed by atoms with E-state index < -0.39 is 0 Å². The molecule has 0 amide bonds. The zero-order valence-corrected chi connectivity index (χ0v) is 15.7. The summed E-state index contributed by atoms with van der Waals surface area (Å²) in [5.41, 5.74) is 1.13. The van der Waals surface area contributed by atoms with Crippen molar-refractivity contribution < 1.29 is 0 Å². The average molecular weight is 359 g/mol. The first-order valence-electron chi connectivity index (χ1n) is 8.79. The molecule has 1 aliphatic rings. The molecule has 2 aromatic heterocycles. The van der Waals surface area contributed by atoms with Gasteiger partial charge in [-0.1, -0.05) is 0 Å². The van der Waals surface area contributed by atoms with E-state index in [9.17, 15) is 0 Å². The predicted octanol–water partition coefficient (Wildman–Crippen LogP) is 2.61. The van der Waals surface area contributed by atoms with E-state index in [1.54, 1.807) is 12.5 Å². The van der Waals surface area contributed by atoms with Gasteiger partial charge < -0.3 is 10.6 Å². The number of nitrogens with zero attached hydrogens (tertiary/aromatic N) is 4. The van der Waals surface area contributed by atoms with Gasteiger partial charge in [0.1, 0.15) is 12.1 Å². The number of aliphatic imine (C=N–C) groups is 1. The van der Waals surface area contributed by atoms with E-state index in [0.717, 1.165) is 29.1 Å². The molecule has 1 saturated carbocycles. The van der Waals surface area contributed by atoms with E-state index in [2.05, 4.69) is 33.8 Å². The smallest absolute Gasteiger partial charge is 0.191 e. The molecular weight excluding hydrogens is 332 g/mol. The molecule has 2 atom stereocenters. The van der Waals surface area contributed by atoms with Crippen LogP contribution in [-0.4, -0.2) is 44.6 Å². The van der Waals surface area contributed by atoms with Gasteiger partial charge in [-0.05, 0) is 50.1 Å². The van der Waals surface area contributed by atoms with Crippen molar-refractivity contribution in [3.8, 4) is 5.82 Å². The van der Waals surface area contributed by atoms with E-state index in [0.29, 0.717) is 12.6 Å². The van der Waals surface area contributed by atoms with Crippen LogP contribution in [0.5, 0.6) is 0 Å². The van der Waals surface area contributed by atoms with Gasteiger partial charge in [0.2, 0.25) is 0 Å². The maximum atomic E-state index is 4.76. The Kier molecular flexibility index (Phi) is 6.33. The molecule has 0 bridgehead atoms. The third-order valence-corrected chi connectivity index (χ3v) is 5.50. The van der Waals surface area contributed by atoms with Crippen molar-refractivity contribution in [2.75, 3.05) is 12.8 Å². The van der Waals surface area contributed by atoms with Crippen LogP contribution in [0, 0.1) is 0 Å². The van der Waals surface area contributed by atoms with Gasteiger partial charge >= 0.3 is 0 Å². The van der Waals surface area contributed by atoms with Crippen LogP contribution in [0.1, 0.15) is 31.7 Å². The summed E-state index contributed by atoms with van der Waals surface area (Å²) in [4.78, 5) is 13.2. The highest BCUT2D eigenvalue weighted by Gasteiger charge is 2.24. The number of hydrogen-bond donors (Lipinski definition) is 2. The molecule has 0 saturated heterocycles. The van der Waals surface area contributed by atoms with Gasteiger partial charge in [0.05, 0.1) is 6.54 Å².